The maximum absolute atomic E-state index is 13.4. The lowest BCUT2D eigenvalue weighted by molar-refractivity contribution is -0.111. The van der Waals surface area contributed by atoms with Gasteiger partial charge in [0.15, 0.2) is 5.76 Å². The third kappa shape index (κ3) is 5.29. The zero-order chi connectivity index (χ0) is 28.2. The van der Waals surface area contributed by atoms with E-state index in [0.717, 1.165) is 22.5 Å². The fraction of sp³-hybridized carbons (Fsp3) is 0.0294. The van der Waals surface area contributed by atoms with Gasteiger partial charge in [0.1, 0.15) is 11.3 Å². The fourth-order valence-electron chi connectivity index (χ4n) is 4.58. The molecule has 0 spiro atoms. The molecule has 0 bridgehead atoms. The van der Waals surface area contributed by atoms with Crippen molar-refractivity contribution in [3.8, 4) is 22.7 Å². The molecule has 0 atom stereocenters. The van der Waals surface area contributed by atoms with Gasteiger partial charge in [-0.2, -0.15) is 5.10 Å². The summed E-state index contributed by atoms with van der Waals surface area (Å²) in [6.45, 7) is 0. The molecular weight excluding hydrogens is 514 g/mol. The van der Waals surface area contributed by atoms with Crippen LogP contribution in [0.15, 0.2) is 126 Å². The molecule has 2 heterocycles. The number of ketones is 1. The van der Waals surface area contributed by atoms with Gasteiger partial charge in [-0.1, -0.05) is 60.7 Å². The van der Waals surface area contributed by atoms with Gasteiger partial charge in [-0.15, -0.1) is 0 Å². The van der Waals surface area contributed by atoms with Crippen molar-refractivity contribution in [2.75, 3.05) is 12.4 Å². The monoisotopic (exact) mass is 539 g/mol. The number of carbonyl (C=O) groups excluding carboxylic acids is 2. The maximum Gasteiger partial charge on any atom is 0.248 e. The number of anilines is 1. The Labute approximate surface area is 236 Å². The number of ether oxygens (including phenoxy) is 1. The van der Waals surface area contributed by atoms with Crippen molar-refractivity contribution < 1.29 is 18.7 Å². The molecular formula is C34H25N3O4. The van der Waals surface area contributed by atoms with Crippen LogP contribution in [-0.4, -0.2) is 28.6 Å². The molecule has 0 unspecified atom stereocenters. The smallest absolute Gasteiger partial charge is 0.248 e. The Balaban J connectivity index is 1.33. The van der Waals surface area contributed by atoms with Crippen molar-refractivity contribution in [2.45, 2.75) is 0 Å². The van der Waals surface area contributed by atoms with Gasteiger partial charge in [0, 0.05) is 34.3 Å². The topological polar surface area (TPSA) is 86.4 Å². The summed E-state index contributed by atoms with van der Waals surface area (Å²) in [6.07, 6.45) is 5.03. The number of amides is 1. The summed E-state index contributed by atoms with van der Waals surface area (Å²) in [7, 11) is 1.56. The Morgan fingerprint density at radius 1 is 0.854 bits per heavy atom. The second kappa shape index (κ2) is 11.2. The SMILES string of the molecule is COc1ccc(C(=O)c2oc3ccccc3c2NC(=O)C=Cc2cn(-c3ccccc3)nc2-c2ccccc2)cc1. The molecule has 0 saturated carbocycles. The molecule has 6 aromatic rings. The number of fused-ring (bicyclic) bond motifs is 1. The number of methoxy groups -OCH3 is 1. The van der Waals surface area contributed by atoms with Gasteiger partial charge >= 0.3 is 0 Å². The minimum Gasteiger partial charge on any atom is -0.497 e. The van der Waals surface area contributed by atoms with Crippen LogP contribution in [0.25, 0.3) is 34.0 Å². The third-order valence-electron chi connectivity index (χ3n) is 6.63. The first-order valence-electron chi connectivity index (χ1n) is 13.0. The molecule has 41 heavy (non-hydrogen) atoms. The maximum atomic E-state index is 13.4. The van der Waals surface area contributed by atoms with Crippen LogP contribution in [0.3, 0.4) is 0 Å². The van der Waals surface area contributed by atoms with Crippen molar-refractivity contribution in [2.24, 2.45) is 0 Å². The van der Waals surface area contributed by atoms with Gasteiger partial charge in [-0.3, -0.25) is 9.59 Å². The Morgan fingerprint density at radius 2 is 1.54 bits per heavy atom. The highest BCUT2D eigenvalue weighted by molar-refractivity contribution is 6.18. The summed E-state index contributed by atoms with van der Waals surface area (Å²) < 4.78 is 12.9. The molecule has 200 valence electrons. The highest BCUT2D eigenvalue weighted by atomic mass is 16.5. The summed E-state index contributed by atoms with van der Waals surface area (Å²) in [6, 6.07) is 33.5. The van der Waals surface area contributed by atoms with Crippen LogP contribution in [0.2, 0.25) is 0 Å². The van der Waals surface area contributed by atoms with Crippen LogP contribution < -0.4 is 10.1 Å². The largest absolute Gasteiger partial charge is 0.497 e. The van der Waals surface area contributed by atoms with Crippen LogP contribution in [0.4, 0.5) is 5.69 Å². The molecule has 2 aromatic heterocycles. The average molecular weight is 540 g/mol. The second-order valence-corrected chi connectivity index (χ2v) is 9.26. The number of carbonyl (C=O) groups is 2. The first kappa shape index (κ1) is 25.6. The van der Waals surface area contributed by atoms with E-state index in [9.17, 15) is 9.59 Å². The van der Waals surface area contributed by atoms with Gasteiger partial charge in [-0.05, 0) is 54.6 Å². The zero-order valence-electron chi connectivity index (χ0n) is 22.2. The van der Waals surface area contributed by atoms with Crippen LogP contribution in [0, 0.1) is 0 Å². The molecule has 0 radical (unpaired) electrons. The normalized spacial score (nSPS) is 11.1. The first-order valence-corrected chi connectivity index (χ1v) is 13.0. The summed E-state index contributed by atoms with van der Waals surface area (Å²) in [4.78, 5) is 26.7. The van der Waals surface area contributed by atoms with Crippen molar-refractivity contribution in [1.29, 1.82) is 0 Å². The number of nitrogens with one attached hydrogen (secondary N) is 1. The molecule has 0 fully saturated rings. The highest BCUT2D eigenvalue weighted by Crippen LogP contribution is 2.33. The van der Waals surface area contributed by atoms with E-state index >= 15 is 0 Å². The van der Waals surface area contributed by atoms with E-state index in [1.807, 2.05) is 79.0 Å². The lowest BCUT2D eigenvalue weighted by atomic mass is 10.1. The number of benzene rings is 4. The Kier molecular flexibility index (Phi) is 6.99. The van der Waals surface area contributed by atoms with Gasteiger partial charge < -0.3 is 14.5 Å². The minimum absolute atomic E-state index is 0.0555. The van der Waals surface area contributed by atoms with E-state index in [2.05, 4.69) is 5.32 Å². The quantitative estimate of drug-likeness (QED) is 0.164. The van der Waals surface area contributed by atoms with Gasteiger partial charge in [0.2, 0.25) is 11.7 Å². The van der Waals surface area contributed by atoms with Crippen molar-refractivity contribution in [3.05, 3.63) is 138 Å². The summed E-state index contributed by atoms with van der Waals surface area (Å²) >= 11 is 0. The van der Waals surface area contributed by atoms with Crippen molar-refractivity contribution in [1.82, 2.24) is 9.78 Å². The molecule has 6 rings (SSSR count). The highest BCUT2D eigenvalue weighted by Gasteiger charge is 2.23. The summed E-state index contributed by atoms with van der Waals surface area (Å²) in [5.41, 5.74) is 4.57. The lowest BCUT2D eigenvalue weighted by Gasteiger charge is -2.05. The van der Waals surface area contributed by atoms with E-state index in [4.69, 9.17) is 14.3 Å². The molecule has 0 saturated heterocycles. The lowest BCUT2D eigenvalue weighted by Crippen LogP contribution is -2.11. The van der Waals surface area contributed by atoms with E-state index in [1.54, 1.807) is 54.3 Å². The van der Waals surface area contributed by atoms with E-state index in [0.29, 0.717) is 28.0 Å². The van der Waals surface area contributed by atoms with Gasteiger partial charge in [0.25, 0.3) is 0 Å². The molecule has 4 aromatic carbocycles. The number of aromatic nitrogens is 2. The number of nitrogens with zero attached hydrogens (tertiary/aromatic N) is 2. The molecule has 0 aliphatic carbocycles. The first-order chi connectivity index (χ1) is 20.1. The van der Waals surface area contributed by atoms with Crippen LogP contribution in [0.1, 0.15) is 21.7 Å². The number of para-hydroxylation sites is 2. The molecule has 0 aliphatic rings. The summed E-state index contributed by atoms with van der Waals surface area (Å²) in [5.74, 6) is -0.0688. The van der Waals surface area contributed by atoms with E-state index in [1.165, 1.54) is 6.08 Å². The fourth-order valence-corrected chi connectivity index (χ4v) is 4.58. The van der Waals surface area contributed by atoms with Gasteiger partial charge in [0.05, 0.1) is 24.2 Å². The number of furan rings is 1. The number of rotatable bonds is 8. The molecule has 1 N–H and O–H groups in total. The average Bonchev–Trinajstić information content (AvgIpc) is 3.63. The predicted molar refractivity (Wildman–Crippen MR) is 159 cm³/mol. The summed E-state index contributed by atoms with van der Waals surface area (Å²) in [5, 5.41) is 8.31. The zero-order valence-corrected chi connectivity index (χ0v) is 22.2. The van der Waals surface area contributed by atoms with E-state index in [-0.39, 0.29) is 11.5 Å². The standard InChI is InChI=1S/C34H25N3O4/c1-40-27-19-16-24(17-20-27)33(39)34-32(28-14-8-9-15-29(28)41-34)35-30(38)21-18-25-22-37(26-12-6-3-7-13-26)36-31(25)23-10-4-2-5-11-23/h2-22H,1H3,(H,35,38). The van der Waals surface area contributed by atoms with Gasteiger partial charge in [-0.25, -0.2) is 4.68 Å². The molecule has 1 amide bonds. The van der Waals surface area contributed by atoms with Crippen LogP contribution >= 0.6 is 0 Å². The number of hydrogen-bond acceptors (Lipinski definition) is 5. The minimum atomic E-state index is -0.410. The van der Waals surface area contributed by atoms with E-state index < -0.39 is 5.91 Å². The van der Waals surface area contributed by atoms with Crippen LogP contribution in [-0.2, 0) is 4.79 Å². The number of hydrogen-bond donors (Lipinski definition) is 1. The Hall–Kier alpha value is -5.69. The molecule has 7 heteroatoms. The Bertz CT molecular complexity index is 1870. The second-order valence-electron chi connectivity index (χ2n) is 9.26. The van der Waals surface area contributed by atoms with Crippen LogP contribution in [0.5, 0.6) is 5.75 Å². The molecule has 7 nitrogen and oxygen atoms in total. The molecule has 0 aliphatic heterocycles. The Morgan fingerprint density at radius 3 is 2.27 bits per heavy atom. The predicted octanol–water partition coefficient (Wildman–Crippen LogP) is 7.18. The van der Waals surface area contributed by atoms with Crippen molar-refractivity contribution in [3.63, 3.8) is 0 Å². The van der Waals surface area contributed by atoms with Crippen molar-refractivity contribution >= 4 is 34.4 Å². The third-order valence-corrected chi connectivity index (χ3v) is 6.63.